The lowest BCUT2D eigenvalue weighted by molar-refractivity contribution is -0.0217. The van der Waals surface area contributed by atoms with E-state index in [4.69, 9.17) is 49.5 Å². The van der Waals surface area contributed by atoms with Crippen LogP contribution in [-0.2, 0) is 37.9 Å². The molecule has 0 amide bonds. The average molecular weight is 430 g/mol. The molecule has 0 fully saturated rings. The van der Waals surface area contributed by atoms with Gasteiger partial charge in [0.05, 0.1) is 99.1 Å². The third kappa shape index (κ3) is 26.0. The van der Waals surface area contributed by atoms with Crippen molar-refractivity contribution in [1.29, 1.82) is 0 Å². The fourth-order valence-corrected chi connectivity index (χ4v) is 1.82. The van der Waals surface area contributed by atoms with Crippen LogP contribution in [0.1, 0.15) is 6.92 Å². The highest BCUT2D eigenvalue weighted by Gasteiger charge is 1.97. The van der Waals surface area contributed by atoms with Gasteiger partial charge in [0, 0.05) is 18.9 Å². The first-order chi connectivity index (χ1) is 13.8. The summed E-state index contributed by atoms with van der Waals surface area (Å²) in [6.45, 7) is 10.2. The van der Waals surface area contributed by atoms with Crippen LogP contribution in [0.2, 0.25) is 0 Å². The van der Waals surface area contributed by atoms with E-state index in [-0.39, 0.29) is 5.38 Å². The second kappa shape index (κ2) is 25.0. The van der Waals surface area contributed by atoms with E-state index < -0.39 is 0 Å². The smallest absolute Gasteiger partial charge is 0.0701 e. The van der Waals surface area contributed by atoms with E-state index in [0.717, 1.165) is 0 Å². The molecule has 9 heteroatoms. The zero-order valence-electron chi connectivity index (χ0n) is 17.4. The Kier molecular flexibility index (Phi) is 25.0. The maximum Gasteiger partial charge on any atom is 0.0701 e. The highest BCUT2D eigenvalue weighted by molar-refractivity contribution is 6.21. The maximum atomic E-state index is 5.76. The van der Waals surface area contributed by atoms with Crippen molar-refractivity contribution >= 4 is 11.6 Å². The largest absolute Gasteiger partial charge is 0.382 e. The molecule has 0 heterocycles. The van der Waals surface area contributed by atoms with E-state index in [0.29, 0.717) is 99.1 Å². The number of alkyl halides is 1. The Morgan fingerprint density at radius 2 is 0.821 bits per heavy atom. The van der Waals surface area contributed by atoms with Gasteiger partial charge in [-0.25, -0.2) is 0 Å². The molecule has 0 aliphatic carbocycles. The topological polar surface area (TPSA) is 73.8 Å². The molecule has 0 aromatic heterocycles. The lowest BCUT2D eigenvalue weighted by Crippen LogP contribution is -2.15. The van der Waals surface area contributed by atoms with Crippen molar-refractivity contribution in [3.8, 4) is 0 Å². The summed E-state index contributed by atoms with van der Waals surface area (Å²) < 4.78 is 42.4. The van der Waals surface area contributed by atoms with Crippen LogP contribution in [0, 0.1) is 6.42 Å². The average Bonchev–Trinajstić information content (AvgIpc) is 2.68. The Bertz CT molecular complexity index is 285. The molecule has 0 saturated heterocycles. The Morgan fingerprint density at radius 1 is 0.536 bits per heavy atom. The maximum absolute atomic E-state index is 5.76. The van der Waals surface area contributed by atoms with Crippen LogP contribution in [-0.4, -0.2) is 112 Å². The van der Waals surface area contributed by atoms with E-state index in [1.54, 1.807) is 7.11 Å². The van der Waals surface area contributed by atoms with Gasteiger partial charge in [0.1, 0.15) is 0 Å². The third-order valence-electron chi connectivity index (χ3n) is 3.20. The number of ether oxygens (including phenoxy) is 8. The van der Waals surface area contributed by atoms with E-state index >= 15 is 0 Å². The van der Waals surface area contributed by atoms with Gasteiger partial charge in [-0.1, -0.05) is 0 Å². The van der Waals surface area contributed by atoms with Gasteiger partial charge in [0.15, 0.2) is 0 Å². The zero-order valence-corrected chi connectivity index (χ0v) is 18.2. The minimum atomic E-state index is 0.0269. The predicted octanol–water partition coefficient (Wildman–Crippen LogP) is 1.58. The molecule has 0 aliphatic rings. The Hall–Kier alpha value is -0.0300. The van der Waals surface area contributed by atoms with Crippen LogP contribution in [0.4, 0.5) is 0 Å². The summed E-state index contributed by atoms with van der Waals surface area (Å²) in [6, 6.07) is 0. The van der Waals surface area contributed by atoms with Crippen LogP contribution < -0.4 is 0 Å². The fraction of sp³-hybridized carbons (Fsp3) is 0.947. The number of halogens is 1. The van der Waals surface area contributed by atoms with Gasteiger partial charge in [-0.05, 0) is 6.92 Å². The van der Waals surface area contributed by atoms with Gasteiger partial charge < -0.3 is 37.9 Å². The first-order valence-electron chi connectivity index (χ1n) is 9.78. The minimum Gasteiger partial charge on any atom is -0.382 e. The van der Waals surface area contributed by atoms with Crippen LogP contribution in [0.25, 0.3) is 0 Å². The van der Waals surface area contributed by atoms with Gasteiger partial charge in [-0.3, -0.25) is 0 Å². The second-order valence-corrected chi connectivity index (χ2v) is 6.34. The third-order valence-corrected chi connectivity index (χ3v) is 3.38. The molecule has 0 aromatic rings. The highest BCUT2D eigenvalue weighted by atomic mass is 35.5. The molecule has 0 rings (SSSR count). The molecule has 28 heavy (non-hydrogen) atoms. The van der Waals surface area contributed by atoms with E-state index in [1.165, 1.54) is 0 Å². The van der Waals surface area contributed by atoms with Crippen molar-refractivity contribution in [2.75, 3.05) is 106 Å². The summed E-state index contributed by atoms with van der Waals surface area (Å²) >= 11 is 5.76. The highest BCUT2D eigenvalue weighted by Crippen LogP contribution is 1.97. The first kappa shape index (κ1) is 28.0. The predicted molar refractivity (Wildman–Crippen MR) is 107 cm³/mol. The Labute approximate surface area is 175 Å². The van der Waals surface area contributed by atoms with Gasteiger partial charge in [0.2, 0.25) is 0 Å². The molecule has 0 aliphatic heterocycles. The summed E-state index contributed by atoms with van der Waals surface area (Å²) in [5, 5.41) is 0.0269. The Morgan fingerprint density at radius 3 is 1.11 bits per heavy atom. The standard InChI is InChI=1S/C19H38ClO8/c1-19(20)3-4-22-7-8-24-11-12-26-15-16-28-18-17-27-14-13-25-10-9-23-6-5-21-2/h3,19H,4-18H2,1-2H3. The number of rotatable bonds is 24. The van der Waals surface area contributed by atoms with Gasteiger partial charge in [-0.2, -0.15) is 0 Å². The summed E-state index contributed by atoms with van der Waals surface area (Å²) in [6.07, 6.45) is 1.89. The summed E-state index contributed by atoms with van der Waals surface area (Å²) in [5.74, 6) is 0. The molecule has 0 aromatic carbocycles. The molecule has 0 spiro atoms. The van der Waals surface area contributed by atoms with Crippen LogP contribution in [0.15, 0.2) is 0 Å². The molecule has 0 saturated carbocycles. The van der Waals surface area contributed by atoms with Crippen molar-refractivity contribution in [3.63, 3.8) is 0 Å². The van der Waals surface area contributed by atoms with Crippen molar-refractivity contribution < 1.29 is 37.9 Å². The van der Waals surface area contributed by atoms with Gasteiger partial charge in [0.25, 0.3) is 0 Å². The lowest BCUT2D eigenvalue weighted by atomic mass is 10.3. The molecule has 0 bridgehead atoms. The van der Waals surface area contributed by atoms with Gasteiger partial charge >= 0.3 is 0 Å². The number of hydrogen-bond acceptors (Lipinski definition) is 8. The van der Waals surface area contributed by atoms with Crippen LogP contribution in [0.3, 0.4) is 0 Å². The van der Waals surface area contributed by atoms with Crippen molar-refractivity contribution in [3.05, 3.63) is 6.42 Å². The van der Waals surface area contributed by atoms with Crippen molar-refractivity contribution in [2.45, 2.75) is 12.3 Å². The van der Waals surface area contributed by atoms with E-state index in [2.05, 4.69) is 0 Å². The fourth-order valence-electron chi connectivity index (χ4n) is 1.75. The second-order valence-electron chi connectivity index (χ2n) is 5.66. The minimum absolute atomic E-state index is 0.0269. The number of hydrogen-bond donors (Lipinski definition) is 0. The van der Waals surface area contributed by atoms with Crippen LogP contribution in [0.5, 0.6) is 0 Å². The molecule has 1 atom stereocenters. The summed E-state index contributed by atoms with van der Waals surface area (Å²) in [5.41, 5.74) is 0. The zero-order chi connectivity index (χ0) is 20.5. The molecule has 0 N–H and O–H groups in total. The quantitative estimate of drug-likeness (QED) is 0.169. The van der Waals surface area contributed by atoms with E-state index in [9.17, 15) is 0 Å². The van der Waals surface area contributed by atoms with Crippen molar-refractivity contribution in [2.24, 2.45) is 0 Å². The molecule has 1 unspecified atom stereocenters. The molecule has 169 valence electrons. The van der Waals surface area contributed by atoms with Gasteiger partial charge in [-0.15, -0.1) is 11.6 Å². The lowest BCUT2D eigenvalue weighted by Gasteiger charge is -2.08. The molecule has 8 nitrogen and oxygen atoms in total. The molecular formula is C19H38ClO8. The summed E-state index contributed by atoms with van der Waals surface area (Å²) in [7, 11) is 1.65. The monoisotopic (exact) mass is 429 g/mol. The van der Waals surface area contributed by atoms with E-state index in [1.807, 2.05) is 13.3 Å². The normalized spacial score (nSPS) is 12.5. The Balaban J connectivity index is 2.98. The molecule has 1 radical (unpaired) electrons. The molecular weight excluding hydrogens is 392 g/mol. The van der Waals surface area contributed by atoms with Crippen LogP contribution >= 0.6 is 11.6 Å². The summed E-state index contributed by atoms with van der Waals surface area (Å²) in [4.78, 5) is 0. The first-order valence-corrected chi connectivity index (χ1v) is 10.2. The number of methoxy groups -OCH3 is 1. The SMILES string of the molecule is COCCOCCOCCOCCOCCOCCOCCOC[CH]C(C)Cl. The van der Waals surface area contributed by atoms with Crippen molar-refractivity contribution in [1.82, 2.24) is 0 Å².